The van der Waals surface area contributed by atoms with Crippen LogP contribution in [0.5, 0.6) is 0 Å². The number of urea groups is 1. The molecule has 1 atom stereocenters. The fourth-order valence-electron chi connectivity index (χ4n) is 1.79. The Morgan fingerprint density at radius 1 is 1.14 bits per heavy atom. The summed E-state index contributed by atoms with van der Waals surface area (Å²) < 4.78 is 63.7. The smallest absolute Gasteiger partial charge is 0.311 e. The lowest BCUT2D eigenvalue weighted by Crippen LogP contribution is -2.55. The van der Waals surface area contributed by atoms with Gasteiger partial charge in [-0.1, -0.05) is 0 Å². The van der Waals surface area contributed by atoms with Crippen molar-refractivity contribution in [1.29, 1.82) is 0 Å². The minimum Gasteiger partial charge on any atom is -0.311 e. The van der Waals surface area contributed by atoms with Crippen LogP contribution in [0.25, 0.3) is 0 Å². The van der Waals surface area contributed by atoms with Crippen molar-refractivity contribution >= 4 is 32.6 Å². The van der Waals surface area contributed by atoms with Gasteiger partial charge in [0, 0.05) is 6.54 Å². The second kappa shape index (κ2) is 6.52. The summed E-state index contributed by atoms with van der Waals surface area (Å²) in [5, 5.41) is 0. The van der Waals surface area contributed by atoms with E-state index in [9.17, 15) is 26.4 Å². The molecule has 0 unspecified atom stereocenters. The largest absolute Gasteiger partial charge is 0.418 e. The number of amides is 3. The normalized spacial score (nSPS) is 19.9. The van der Waals surface area contributed by atoms with Crippen LogP contribution in [-0.4, -0.2) is 55.4 Å². The number of nitrogens with zero attached hydrogens (tertiary/aromatic N) is 1. The van der Waals surface area contributed by atoms with E-state index < -0.39 is 38.7 Å². The molecule has 0 aliphatic carbocycles. The molecule has 3 amide bonds. The number of hydrogen-bond donors (Lipinski definition) is 4. The van der Waals surface area contributed by atoms with Crippen LogP contribution in [0.1, 0.15) is 19.3 Å². The van der Waals surface area contributed by atoms with Crippen molar-refractivity contribution in [2.24, 2.45) is 0 Å². The van der Waals surface area contributed by atoms with Gasteiger partial charge >= 0.3 is 26.7 Å². The van der Waals surface area contributed by atoms with Gasteiger partial charge < -0.3 is 4.90 Å². The molecule has 1 fully saturated rings. The highest BCUT2D eigenvalue weighted by molar-refractivity contribution is 7.84. The Kier molecular flexibility index (Phi) is 5.46. The van der Waals surface area contributed by atoms with Crippen LogP contribution in [0.15, 0.2) is 0 Å². The van der Waals surface area contributed by atoms with Gasteiger partial charge in [-0.25, -0.2) is 9.52 Å². The predicted molar refractivity (Wildman–Crippen MR) is 65.2 cm³/mol. The molecule has 1 heterocycles. The zero-order chi connectivity index (χ0) is 16.3. The van der Waals surface area contributed by atoms with Crippen LogP contribution in [0, 0.1) is 0 Å². The molecule has 12 nitrogen and oxygen atoms in total. The van der Waals surface area contributed by atoms with Crippen molar-refractivity contribution < 1.29 is 39.8 Å². The van der Waals surface area contributed by atoms with Gasteiger partial charge in [0.25, 0.3) is 5.91 Å². The van der Waals surface area contributed by atoms with E-state index in [0.717, 1.165) is 4.90 Å². The number of hydroxylamine groups is 1. The van der Waals surface area contributed by atoms with Crippen molar-refractivity contribution in [1.82, 2.24) is 15.1 Å². The minimum absolute atomic E-state index is 0.0181. The monoisotopic (exact) mass is 347 g/mol. The molecule has 0 saturated carbocycles. The quantitative estimate of drug-likeness (QED) is 0.337. The van der Waals surface area contributed by atoms with E-state index in [-0.39, 0.29) is 13.0 Å². The number of likely N-dealkylation sites (tertiary alicyclic amines) is 1. The zero-order valence-corrected chi connectivity index (χ0v) is 12.1. The Hall–Kier alpha value is -1.48. The standard InChI is InChI=1S/C7H13N3O9S2/c11-6(9-20(13,14)15)5-3-1-2-4-10(5)7(12)8-19-21(16,17)18/h5H,1-4H2,(H,8,12)(H,9,11)(H,13,14,15)(H,16,17,18)/t5-/m0/s1. The molecular formula is C7H13N3O9S2. The van der Waals surface area contributed by atoms with Crippen LogP contribution < -0.4 is 10.2 Å². The first-order valence-corrected chi connectivity index (χ1v) is 8.32. The maximum Gasteiger partial charge on any atom is 0.418 e. The highest BCUT2D eigenvalue weighted by Gasteiger charge is 2.34. The van der Waals surface area contributed by atoms with E-state index in [2.05, 4.69) is 4.28 Å². The molecule has 0 aromatic heterocycles. The van der Waals surface area contributed by atoms with Crippen LogP contribution >= 0.6 is 0 Å². The summed E-state index contributed by atoms with van der Waals surface area (Å²) in [5.41, 5.74) is 1.40. The van der Waals surface area contributed by atoms with E-state index in [1.807, 2.05) is 0 Å². The highest BCUT2D eigenvalue weighted by atomic mass is 32.3. The van der Waals surface area contributed by atoms with Gasteiger partial charge in [0.05, 0.1) is 0 Å². The molecule has 0 aromatic carbocycles. The fraction of sp³-hybridized carbons (Fsp3) is 0.714. The molecule has 1 rings (SSSR count). The summed E-state index contributed by atoms with van der Waals surface area (Å²) in [6, 6.07) is -2.41. The molecule has 0 aromatic rings. The Morgan fingerprint density at radius 2 is 1.76 bits per heavy atom. The van der Waals surface area contributed by atoms with E-state index >= 15 is 0 Å². The number of rotatable bonds is 4. The van der Waals surface area contributed by atoms with Gasteiger partial charge in [-0.3, -0.25) is 13.9 Å². The minimum atomic E-state index is -4.92. The molecule has 21 heavy (non-hydrogen) atoms. The molecular weight excluding hydrogens is 334 g/mol. The third-order valence-electron chi connectivity index (χ3n) is 2.53. The first kappa shape index (κ1) is 17.6. The maximum absolute atomic E-state index is 11.6. The van der Waals surface area contributed by atoms with Crippen LogP contribution in [-0.2, 0) is 29.8 Å². The fourth-order valence-corrected chi connectivity index (χ4v) is 2.36. The number of carbonyl (C=O) groups is 2. The third kappa shape index (κ3) is 6.21. The number of carbonyl (C=O) groups excluding carboxylic acids is 2. The van der Waals surface area contributed by atoms with E-state index in [0.29, 0.717) is 12.8 Å². The number of hydrogen-bond acceptors (Lipinski definition) is 7. The van der Waals surface area contributed by atoms with Gasteiger partial charge in [0.2, 0.25) is 0 Å². The van der Waals surface area contributed by atoms with Crippen LogP contribution in [0.3, 0.4) is 0 Å². The Morgan fingerprint density at radius 3 is 2.29 bits per heavy atom. The Balaban J connectivity index is 2.77. The molecule has 122 valence electrons. The average molecular weight is 347 g/mol. The van der Waals surface area contributed by atoms with E-state index in [1.54, 1.807) is 0 Å². The van der Waals surface area contributed by atoms with Gasteiger partial charge in [0.1, 0.15) is 6.04 Å². The second-order valence-electron chi connectivity index (χ2n) is 4.06. The summed E-state index contributed by atoms with van der Waals surface area (Å²) in [5.74, 6) is -1.15. The van der Waals surface area contributed by atoms with Crippen LogP contribution in [0.4, 0.5) is 4.79 Å². The molecule has 4 N–H and O–H groups in total. The maximum atomic E-state index is 11.6. The summed E-state index contributed by atoms with van der Waals surface area (Å²) in [6.45, 7) is 0.0181. The predicted octanol–water partition coefficient (Wildman–Crippen LogP) is -1.80. The SMILES string of the molecule is O=C(NS(=O)(=O)O)[C@@H]1CCCCN1C(=O)NOS(=O)(=O)O. The molecule has 14 heteroatoms. The first-order chi connectivity index (χ1) is 9.49. The first-order valence-electron chi connectivity index (χ1n) is 5.51. The lowest BCUT2D eigenvalue weighted by atomic mass is 10.0. The summed E-state index contributed by atoms with van der Waals surface area (Å²) in [6.07, 6.45) is 1.09. The molecule has 0 spiro atoms. The van der Waals surface area contributed by atoms with Crippen LogP contribution in [0.2, 0.25) is 0 Å². The second-order valence-corrected chi connectivity index (χ2v) is 6.24. The van der Waals surface area contributed by atoms with Crippen molar-refractivity contribution in [2.75, 3.05) is 6.54 Å². The molecule has 1 saturated heterocycles. The van der Waals surface area contributed by atoms with Crippen molar-refractivity contribution in [3.8, 4) is 0 Å². The summed E-state index contributed by atoms with van der Waals surface area (Å²) in [4.78, 5) is 24.1. The third-order valence-corrected chi connectivity index (χ3v) is 3.28. The van der Waals surface area contributed by atoms with Crippen molar-refractivity contribution in [3.05, 3.63) is 0 Å². The van der Waals surface area contributed by atoms with E-state index in [4.69, 9.17) is 9.11 Å². The Bertz CT molecular complexity index is 613. The lowest BCUT2D eigenvalue weighted by molar-refractivity contribution is -0.124. The summed E-state index contributed by atoms with van der Waals surface area (Å²) >= 11 is 0. The molecule has 0 radical (unpaired) electrons. The van der Waals surface area contributed by atoms with Gasteiger partial charge in [-0.2, -0.15) is 22.3 Å². The molecule has 0 bridgehead atoms. The van der Waals surface area contributed by atoms with Crippen molar-refractivity contribution in [2.45, 2.75) is 25.3 Å². The molecule has 1 aliphatic rings. The lowest BCUT2D eigenvalue weighted by Gasteiger charge is -2.33. The Labute approximate surface area is 120 Å². The topological polar surface area (TPSA) is 179 Å². The van der Waals surface area contributed by atoms with Gasteiger partial charge in [0.15, 0.2) is 0 Å². The van der Waals surface area contributed by atoms with Gasteiger partial charge in [-0.15, -0.1) is 4.28 Å². The van der Waals surface area contributed by atoms with E-state index in [1.165, 1.54) is 10.2 Å². The summed E-state index contributed by atoms with van der Waals surface area (Å²) in [7, 11) is -9.70. The van der Waals surface area contributed by atoms with Gasteiger partial charge in [-0.05, 0) is 19.3 Å². The highest BCUT2D eigenvalue weighted by Crippen LogP contribution is 2.17. The average Bonchev–Trinajstić information content (AvgIpc) is 2.33. The number of nitrogens with one attached hydrogen (secondary N) is 2. The molecule has 1 aliphatic heterocycles. The zero-order valence-electron chi connectivity index (χ0n) is 10.4. The van der Waals surface area contributed by atoms with Crippen molar-refractivity contribution in [3.63, 3.8) is 0 Å². The number of piperidine rings is 1.